The first-order valence-electron chi connectivity index (χ1n) is 8.63. The van der Waals surface area contributed by atoms with E-state index in [0.29, 0.717) is 11.7 Å². The number of benzene rings is 2. The largest absolute Gasteiger partial charge is 0.464 e. The van der Waals surface area contributed by atoms with Crippen molar-refractivity contribution in [1.82, 2.24) is 0 Å². The Bertz CT molecular complexity index is 932. The third-order valence-electron chi connectivity index (χ3n) is 4.44. The lowest BCUT2D eigenvalue weighted by atomic mass is 10.0. The minimum Gasteiger partial charge on any atom is -0.464 e. The number of hydrogen-bond donors (Lipinski definition) is 0. The molecule has 0 fully saturated rings. The van der Waals surface area contributed by atoms with E-state index in [1.165, 1.54) is 0 Å². The Labute approximate surface area is 148 Å². The molecule has 0 aliphatic heterocycles. The predicted molar refractivity (Wildman–Crippen MR) is 100 cm³/mol. The van der Waals surface area contributed by atoms with Crippen LogP contribution in [-0.4, -0.2) is 5.97 Å². The van der Waals surface area contributed by atoms with Gasteiger partial charge in [0.2, 0.25) is 0 Å². The van der Waals surface area contributed by atoms with Gasteiger partial charge in [-0.1, -0.05) is 32.0 Å². The van der Waals surface area contributed by atoms with E-state index >= 15 is 0 Å². The molecule has 0 saturated heterocycles. The highest BCUT2D eigenvalue weighted by Crippen LogP contribution is 2.29. The Morgan fingerprint density at radius 3 is 2.56 bits per heavy atom. The molecule has 0 saturated carbocycles. The van der Waals surface area contributed by atoms with Gasteiger partial charge >= 0.3 is 5.97 Å². The minimum absolute atomic E-state index is 0.197. The number of carbonyl (C=O) groups is 1. The molecule has 1 aromatic heterocycles. The zero-order chi connectivity index (χ0) is 18.1. The Kier molecular flexibility index (Phi) is 4.67. The van der Waals surface area contributed by atoms with E-state index in [2.05, 4.69) is 19.9 Å². The quantitative estimate of drug-likeness (QED) is 0.458. The van der Waals surface area contributed by atoms with Crippen LogP contribution in [0.5, 0.6) is 5.75 Å². The number of esters is 1. The molecule has 0 atom stereocenters. The van der Waals surface area contributed by atoms with Crippen LogP contribution >= 0.6 is 0 Å². The molecule has 0 amide bonds. The van der Waals surface area contributed by atoms with Gasteiger partial charge in [0.05, 0.1) is 12.7 Å². The van der Waals surface area contributed by atoms with Gasteiger partial charge in [0.15, 0.2) is 0 Å². The molecular weight excluding hydrogens is 312 g/mol. The summed E-state index contributed by atoms with van der Waals surface area (Å²) in [6.45, 7) is 10.3. The molecule has 0 bridgehead atoms. The summed E-state index contributed by atoms with van der Waals surface area (Å²) in [7, 11) is 0. The van der Waals surface area contributed by atoms with Crippen molar-refractivity contribution < 1.29 is 13.9 Å². The number of furan rings is 1. The third-order valence-corrected chi connectivity index (χ3v) is 4.44. The molecule has 0 radical (unpaired) electrons. The Morgan fingerprint density at radius 1 is 1.08 bits per heavy atom. The van der Waals surface area contributed by atoms with Gasteiger partial charge in [-0.15, -0.1) is 0 Å². The van der Waals surface area contributed by atoms with Crippen molar-refractivity contribution in [1.29, 1.82) is 0 Å². The maximum Gasteiger partial charge on any atom is 0.315 e. The normalized spacial score (nSPS) is 11.3. The van der Waals surface area contributed by atoms with Crippen LogP contribution in [0.25, 0.3) is 11.0 Å². The molecule has 3 nitrogen and oxygen atoms in total. The maximum atomic E-state index is 12.5. The fraction of sp³-hybridized carbons (Fsp3) is 0.318. The summed E-state index contributed by atoms with van der Waals surface area (Å²) in [4.78, 5) is 12.5. The van der Waals surface area contributed by atoms with Crippen molar-refractivity contribution in [2.45, 2.75) is 47.0 Å². The summed E-state index contributed by atoms with van der Waals surface area (Å²) in [6, 6.07) is 10.1. The number of rotatable bonds is 4. The zero-order valence-electron chi connectivity index (χ0n) is 15.5. The van der Waals surface area contributed by atoms with Crippen LogP contribution in [0, 0.1) is 20.8 Å². The molecule has 1 heterocycles. The number of hydrogen-bond acceptors (Lipinski definition) is 3. The number of aryl methyl sites for hydroxylation is 3. The van der Waals surface area contributed by atoms with E-state index in [9.17, 15) is 4.79 Å². The molecule has 0 unspecified atom stereocenters. The third kappa shape index (κ3) is 3.60. The second kappa shape index (κ2) is 6.75. The Morgan fingerprint density at radius 2 is 1.84 bits per heavy atom. The summed E-state index contributed by atoms with van der Waals surface area (Å²) >= 11 is 0. The Balaban J connectivity index is 1.86. The van der Waals surface area contributed by atoms with Gasteiger partial charge in [0.1, 0.15) is 11.3 Å². The highest BCUT2D eigenvalue weighted by atomic mass is 16.5. The van der Waals surface area contributed by atoms with E-state index < -0.39 is 0 Å². The van der Waals surface area contributed by atoms with Gasteiger partial charge in [0, 0.05) is 10.9 Å². The average Bonchev–Trinajstić information content (AvgIpc) is 2.89. The molecule has 0 spiro atoms. The van der Waals surface area contributed by atoms with Crippen molar-refractivity contribution in [3.05, 3.63) is 64.4 Å². The highest BCUT2D eigenvalue weighted by molar-refractivity contribution is 5.89. The summed E-state index contributed by atoms with van der Waals surface area (Å²) in [5.41, 5.74) is 6.07. The van der Waals surface area contributed by atoms with Gasteiger partial charge in [-0.2, -0.15) is 0 Å². The predicted octanol–water partition coefficient (Wildman–Crippen LogP) is 5.63. The summed E-state index contributed by atoms with van der Waals surface area (Å²) < 4.78 is 11.3. The van der Waals surface area contributed by atoms with Crippen LogP contribution in [0.1, 0.15) is 47.6 Å². The van der Waals surface area contributed by atoms with Crippen LogP contribution in [0.3, 0.4) is 0 Å². The number of carbonyl (C=O) groups excluding carboxylic acids is 1. The summed E-state index contributed by atoms with van der Waals surface area (Å²) in [5.74, 6) is 0.680. The van der Waals surface area contributed by atoms with Crippen molar-refractivity contribution in [3.8, 4) is 5.75 Å². The molecule has 3 rings (SSSR count). The van der Waals surface area contributed by atoms with Crippen molar-refractivity contribution >= 4 is 16.9 Å². The summed E-state index contributed by atoms with van der Waals surface area (Å²) in [5, 5.41) is 1.01. The van der Waals surface area contributed by atoms with Gasteiger partial charge < -0.3 is 9.15 Å². The Hall–Kier alpha value is -2.55. The van der Waals surface area contributed by atoms with Gasteiger partial charge in [-0.3, -0.25) is 4.79 Å². The van der Waals surface area contributed by atoms with Crippen molar-refractivity contribution in [2.75, 3.05) is 0 Å². The van der Waals surface area contributed by atoms with E-state index in [-0.39, 0.29) is 12.4 Å². The second-order valence-electron chi connectivity index (χ2n) is 7.06. The molecule has 3 heteroatoms. The lowest BCUT2D eigenvalue weighted by Gasteiger charge is -2.13. The highest BCUT2D eigenvalue weighted by Gasteiger charge is 2.16. The van der Waals surface area contributed by atoms with Gasteiger partial charge in [-0.25, -0.2) is 0 Å². The van der Waals surface area contributed by atoms with Crippen LogP contribution in [0.15, 0.2) is 41.0 Å². The number of fused-ring (bicyclic) bond motifs is 1. The lowest BCUT2D eigenvalue weighted by molar-refractivity contribution is -0.133. The SMILES string of the molecule is Cc1ccc(C(C)C)c(OC(=O)Cc2coc3cc(C)cc(C)c23)c1. The molecule has 3 aromatic rings. The van der Waals surface area contributed by atoms with Crippen LogP contribution in [-0.2, 0) is 11.2 Å². The first-order valence-corrected chi connectivity index (χ1v) is 8.63. The van der Waals surface area contributed by atoms with Crippen LogP contribution in [0.2, 0.25) is 0 Å². The maximum absolute atomic E-state index is 12.5. The summed E-state index contributed by atoms with van der Waals surface area (Å²) in [6.07, 6.45) is 1.86. The first kappa shape index (κ1) is 17.3. The minimum atomic E-state index is -0.268. The van der Waals surface area contributed by atoms with E-state index in [0.717, 1.165) is 38.8 Å². The van der Waals surface area contributed by atoms with E-state index in [1.54, 1.807) is 6.26 Å². The fourth-order valence-corrected chi connectivity index (χ4v) is 3.28. The lowest BCUT2D eigenvalue weighted by Crippen LogP contribution is -2.12. The molecule has 0 aliphatic rings. The first-order chi connectivity index (χ1) is 11.8. The second-order valence-corrected chi connectivity index (χ2v) is 7.06. The van der Waals surface area contributed by atoms with Gasteiger partial charge in [-0.05, 0) is 61.1 Å². The molecular formula is C22H24O3. The topological polar surface area (TPSA) is 39.4 Å². The van der Waals surface area contributed by atoms with Crippen molar-refractivity contribution in [3.63, 3.8) is 0 Å². The van der Waals surface area contributed by atoms with Crippen molar-refractivity contribution in [2.24, 2.45) is 0 Å². The van der Waals surface area contributed by atoms with E-state index in [4.69, 9.17) is 9.15 Å². The molecule has 130 valence electrons. The standard InChI is InChI=1S/C22H24O3/c1-13(2)18-7-6-14(3)9-19(18)25-21(23)11-17-12-24-20-10-15(4)8-16(5)22(17)20/h6-10,12-13H,11H2,1-5H3. The molecule has 2 aromatic carbocycles. The zero-order valence-corrected chi connectivity index (χ0v) is 15.5. The molecule has 0 N–H and O–H groups in total. The van der Waals surface area contributed by atoms with Crippen LogP contribution in [0.4, 0.5) is 0 Å². The average molecular weight is 336 g/mol. The van der Waals surface area contributed by atoms with Gasteiger partial charge in [0.25, 0.3) is 0 Å². The van der Waals surface area contributed by atoms with E-state index in [1.807, 2.05) is 45.0 Å². The molecule has 25 heavy (non-hydrogen) atoms. The smallest absolute Gasteiger partial charge is 0.315 e. The fourth-order valence-electron chi connectivity index (χ4n) is 3.28. The monoisotopic (exact) mass is 336 g/mol. The number of ether oxygens (including phenoxy) is 1. The molecule has 0 aliphatic carbocycles. The van der Waals surface area contributed by atoms with Crippen LogP contribution < -0.4 is 4.74 Å².